The summed E-state index contributed by atoms with van der Waals surface area (Å²) in [6, 6.07) is 7.35. The molecule has 1 aromatic carbocycles. The number of hydrogen-bond acceptors (Lipinski definition) is 3. The Morgan fingerprint density at radius 1 is 1.25 bits per heavy atom. The SMILES string of the molecule is CNC(c1ccccc1OC(F)(F)F)c1ccnn1C. The van der Waals surface area contributed by atoms with Gasteiger partial charge >= 0.3 is 6.36 Å². The summed E-state index contributed by atoms with van der Waals surface area (Å²) in [6.45, 7) is 0. The fraction of sp³-hybridized carbons (Fsp3) is 0.308. The number of nitrogens with one attached hydrogen (secondary N) is 1. The number of halogens is 3. The number of aromatic nitrogens is 2. The Hall–Kier alpha value is -2.02. The number of hydrogen-bond donors (Lipinski definition) is 1. The summed E-state index contributed by atoms with van der Waals surface area (Å²) in [5.74, 6) is -0.222. The minimum Gasteiger partial charge on any atom is -0.405 e. The average Bonchev–Trinajstić information content (AvgIpc) is 2.77. The van der Waals surface area contributed by atoms with E-state index < -0.39 is 12.4 Å². The topological polar surface area (TPSA) is 39.1 Å². The third kappa shape index (κ3) is 3.11. The summed E-state index contributed by atoms with van der Waals surface area (Å²) < 4.78 is 43.0. The van der Waals surface area contributed by atoms with E-state index in [1.165, 1.54) is 12.1 Å². The van der Waals surface area contributed by atoms with Crippen LogP contribution in [0.3, 0.4) is 0 Å². The van der Waals surface area contributed by atoms with E-state index in [1.54, 1.807) is 43.2 Å². The van der Waals surface area contributed by atoms with Gasteiger partial charge in [-0.2, -0.15) is 5.10 Å². The van der Waals surface area contributed by atoms with Gasteiger partial charge in [-0.15, -0.1) is 13.2 Å². The van der Waals surface area contributed by atoms with Crippen LogP contribution >= 0.6 is 0 Å². The number of rotatable bonds is 4. The van der Waals surface area contributed by atoms with Gasteiger partial charge in [0, 0.05) is 18.8 Å². The van der Waals surface area contributed by atoms with E-state index in [0.29, 0.717) is 5.56 Å². The molecular weight excluding hydrogens is 271 g/mol. The van der Waals surface area contributed by atoms with Crippen LogP contribution in [0.2, 0.25) is 0 Å². The predicted octanol–water partition coefficient (Wildman–Crippen LogP) is 2.63. The maximum Gasteiger partial charge on any atom is 0.573 e. The van der Waals surface area contributed by atoms with Crippen LogP contribution in [0.5, 0.6) is 5.75 Å². The van der Waals surface area contributed by atoms with Gasteiger partial charge < -0.3 is 10.1 Å². The maximum atomic E-state index is 12.5. The van der Waals surface area contributed by atoms with Crippen molar-refractivity contribution in [2.75, 3.05) is 7.05 Å². The van der Waals surface area contributed by atoms with Gasteiger partial charge in [-0.3, -0.25) is 4.68 Å². The number of ether oxygens (including phenoxy) is 1. The Kier molecular flexibility index (Phi) is 3.99. The predicted molar refractivity (Wildman–Crippen MR) is 67.2 cm³/mol. The summed E-state index contributed by atoms with van der Waals surface area (Å²) in [5, 5.41) is 7.01. The third-order valence-electron chi connectivity index (χ3n) is 2.90. The maximum absolute atomic E-state index is 12.5. The lowest BCUT2D eigenvalue weighted by Gasteiger charge is -2.21. The van der Waals surface area contributed by atoms with E-state index in [1.807, 2.05) is 0 Å². The molecule has 1 N–H and O–H groups in total. The van der Waals surface area contributed by atoms with E-state index >= 15 is 0 Å². The molecule has 0 amide bonds. The fourth-order valence-corrected chi connectivity index (χ4v) is 2.07. The number of nitrogens with zero attached hydrogens (tertiary/aromatic N) is 2. The molecule has 1 unspecified atom stereocenters. The molecule has 0 bridgehead atoms. The molecular formula is C13H14F3N3O. The quantitative estimate of drug-likeness (QED) is 0.938. The fourth-order valence-electron chi connectivity index (χ4n) is 2.07. The second-order valence-corrected chi connectivity index (χ2v) is 4.19. The first-order chi connectivity index (χ1) is 9.42. The first kappa shape index (κ1) is 14.4. The molecule has 0 radical (unpaired) electrons. The Labute approximate surface area is 114 Å². The highest BCUT2D eigenvalue weighted by atomic mass is 19.4. The van der Waals surface area contributed by atoms with Gasteiger partial charge in [0.15, 0.2) is 0 Å². The van der Waals surface area contributed by atoms with Crippen LogP contribution in [0.25, 0.3) is 0 Å². The molecule has 0 spiro atoms. The Morgan fingerprint density at radius 2 is 1.95 bits per heavy atom. The van der Waals surface area contributed by atoms with Crippen molar-refractivity contribution in [3.63, 3.8) is 0 Å². The molecule has 1 aromatic heterocycles. The second kappa shape index (κ2) is 5.54. The van der Waals surface area contributed by atoms with E-state index in [2.05, 4.69) is 15.2 Å². The molecule has 1 heterocycles. The molecule has 0 saturated carbocycles. The highest BCUT2D eigenvalue weighted by Crippen LogP contribution is 2.32. The molecule has 20 heavy (non-hydrogen) atoms. The van der Waals surface area contributed by atoms with Gasteiger partial charge in [-0.1, -0.05) is 18.2 Å². The van der Waals surface area contributed by atoms with Crippen LogP contribution < -0.4 is 10.1 Å². The van der Waals surface area contributed by atoms with Crippen molar-refractivity contribution in [2.45, 2.75) is 12.4 Å². The smallest absolute Gasteiger partial charge is 0.405 e. The zero-order valence-electron chi connectivity index (χ0n) is 11.0. The van der Waals surface area contributed by atoms with Crippen LogP contribution in [0.1, 0.15) is 17.3 Å². The summed E-state index contributed by atoms with van der Waals surface area (Å²) in [7, 11) is 3.40. The standard InChI is InChI=1S/C13H14F3N3O/c1-17-12(10-7-8-18-19(10)2)9-5-3-4-6-11(9)20-13(14,15)16/h3-8,12,17H,1-2H3. The number of alkyl halides is 3. The van der Waals surface area contributed by atoms with E-state index in [0.717, 1.165) is 5.69 Å². The van der Waals surface area contributed by atoms with E-state index in [9.17, 15) is 13.2 Å². The van der Waals surface area contributed by atoms with Crippen molar-refractivity contribution >= 4 is 0 Å². The molecule has 0 aliphatic rings. The molecule has 0 fully saturated rings. The van der Waals surface area contributed by atoms with Gasteiger partial charge in [-0.25, -0.2) is 0 Å². The summed E-state index contributed by atoms with van der Waals surface area (Å²) >= 11 is 0. The molecule has 2 aromatic rings. The highest BCUT2D eigenvalue weighted by molar-refractivity contribution is 5.40. The van der Waals surface area contributed by atoms with Crippen LogP contribution in [-0.4, -0.2) is 23.2 Å². The van der Waals surface area contributed by atoms with Gasteiger partial charge in [0.2, 0.25) is 0 Å². The Bertz CT molecular complexity index is 580. The second-order valence-electron chi connectivity index (χ2n) is 4.19. The minimum atomic E-state index is -4.72. The van der Waals surface area contributed by atoms with Crippen LogP contribution in [-0.2, 0) is 7.05 Å². The van der Waals surface area contributed by atoms with Crippen LogP contribution in [0, 0.1) is 0 Å². The van der Waals surface area contributed by atoms with Crippen molar-refractivity contribution in [1.82, 2.24) is 15.1 Å². The molecule has 0 aliphatic carbocycles. The zero-order chi connectivity index (χ0) is 14.8. The minimum absolute atomic E-state index is 0.222. The zero-order valence-corrected chi connectivity index (χ0v) is 11.0. The van der Waals surface area contributed by atoms with Crippen molar-refractivity contribution in [1.29, 1.82) is 0 Å². The molecule has 108 valence electrons. The number of benzene rings is 1. The lowest BCUT2D eigenvalue weighted by atomic mass is 10.0. The van der Waals surface area contributed by atoms with Gasteiger partial charge in [0.25, 0.3) is 0 Å². The molecule has 0 aliphatic heterocycles. The lowest BCUT2D eigenvalue weighted by molar-refractivity contribution is -0.275. The van der Waals surface area contributed by atoms with Crippen molar-refractivity contribution < 1.29 is 17.9 Å². The number of para-hydroxylation sites is 1. The molecule has 4 nitrogen and oxygen atoms in total. The third-order valence-corrected chi connectivity index (χ3v) is 2.90. The molecule has 2 rings (SSSR count). The normalized spacial score (nSPS) is 13.2. The summed E-state index contributed by atoms with van der Waals surface area (Å²) in [6.07, 6.45) is -3.13. The molecule has 1 atom stereocenters. The molecule has 0 saturated heterocycles. The van der Waals surface area contributed by atoms with Crippen molar-refractivity contribution in [3.8, 4) is 5.75 Å². The summed E-state index contributed by atoms with van der Waals surface area (Å²) in [5.41, 5.74) is 1.14. The van der Waals surface area contributed by atoms with Gasteiger partial charge in [0.05, 0.1) is 11.7 Å². The van der Waals surface area contributed by atoms with E-state index in [4.69, 9.17) is 0 Å². The Balaban J connectivity index is 2.43. The first-order valence-corrected chi connectivity index (χ1v) is 5.92. The van der Waals surface area contributed by atoms with Crippen molar-refractivity contribution in [3.05, 3.63) is 47.8 Å². The van der Waals surface area contributed by atoms with Crippen LogP contribution in [0.4, 0.5) is 13.2 Å². The van der Waals surface area contributed by atoms with E-state index in [-0.39, 0.29) is 5.75 Å². The largest absolute Gasteiger partial charge is 0.573 e. The van der Waals surface area contributed by atoms with Crippen LogP contribution in [0.15, 0.2) is 36.5 Å². The average molecular weight is 285 g/mol. The van der Waals surface area contributed by atoms with Gasteiger partial charge in [-0.05, 0) is 19.2 Å². The molecule has 7 heteroatoms. The summed E-state index contributed by atoms with van der Waals surface area (Å²) in [4.78, 5) is 0. The first-order valence-electron chi connectivity index (χ1n) is 5.92. The van der Waals surface area contributed by atoms with Crippen molar-refractivity contribution in [2.24, 2.45) is 7.05 Å². The van der Waals surface area contributed by atoms with Gasteiger partial charge in [0.1, 0.15) is 5.75 Å². The highest BCUT2D eigenvalue weighted by Gasteiger charge is 2.33. The number of aryl methyl sites for hydroxylation is 1. The lowest BCUT2D eigenvalue weighted by Crippen LogP contribution is -2.24. The Morgan fingerprint density at radius 3 is 2.50 bits per heavy atom. The monoisotopic (exact) mass is 285 g/mol.